The smallest absolute Gasteiger partial charge is 0.338 e. The Morgan fingerprint density at radius 3 is 2.48 bits per heavy atom. The maximum absolute atomic E-state index is 13.6. The van der Waals surface area contributed by atoms with Crippen LogP contribution in [0.2, 0.25) is 0 Å². The van der Waals surface area contributed by atoms with Crippen LogP contribution < -0.4 is 5.32 Å². The van der Waals surface area contributed by atoms with Crippen LogP contribution in [0, 0.1) is 28.5 Å². The lowest BCUT2D eigenvalue weighted by Crippen LogP contribution is -2.10. The predicted molar refractivity (Wildman–Crippen MR) is 85.5 cm³/mol. The minimum absolute atomic E-state index is 0.104. The Kier molecular flexibility index (Phi) is 5.81. The number of nitriles is 2. The lowest BCUT2D eigenvalue weighted by Gasteiger charge is -2.07. The van der Waals surface area contributed by atoms with E-state index in [9.17, 15) is 14.0 Å². The standard InChI is InChI=1S/C18H12FN3O3/c19-16-6-1-12(10-21)9-14(16)11-25-18(24)13-2-4-15(5-3-13)22-17(23)7-8-20/h1-6,9H,7,11H2,(H,22,23). The molecule has 0 saturated heterocycles. The third-order valence-corrected chi connectivity index (χ3v) is 3.18. The zero-order valence-electron chi connectivity index (χ0n) is 13.0. The predicted octanol–water partition coefficient (Wildman–Crippen LogP) is 2.91. The zero-order chi connectivity index (χ0) is 18.2. The third kappa shape index (κ3) is 4.88. The van der Waals surface area contributed by atoms with Crippen LogP contribution in [-0.2, 0) is 16.1 Å². The summed E-state index contributed by atoms with van der Waals surface area (Å²) in [5, 5.41) is 19.7. The molecular formula is C18H12FN3O3. The molecule has 1 N–H and O–H groups in total. The number of nitrogens with one attached hydrogen (secondary N) is 1. The Labute approximate surface area is 143 Å². The quantitative estimate of drug-likeness (QED) is 0.845. The first-order valence-electron chi connectivity index (χ1n) is 7.16. The van der Waals surface area contributed by atoms with Crippen LogP contribution in [-0.4, -0.2) is 11.9 Å². The fourth-order valence-corrected chi connectivity index (χ4v) is 1.95. The summed E-state index contributed by atoms with van der Waals surface area (Å²) < 4.78 is 18.7. The highest BCUT2D eigenvalue weighted by molar-refractivity contribution is 5.93. The molecule has 0 aliphatic rings. The Hall–Kier alpha value is -3.71. The van der Waals surface area contributed by atoms with Crippen molar-refractivity contribution < 1.29 is 18.7 Å². The number of benzene rings is 2. The summed E-state index contributed by atoms with van der Waals surface area (Å²) >= 11 is 0. The first kappa shape index (κ1) is 17.6. The van der Waals surface area contributed by atoms with Gasteiger partial charge in [-0.25, -0.2) is 9.18 Å². The Morgan fingerprint density at radius 1 is 1.12 bits per heavy atom. The van der Waals surface area contributed by atoms with Crippen molar-refractivity contribution in [3.63, 3.8) is 0 Å². The Balaban J connectivity index is 1.99. The first-order valence-corrected chi connectivity index (χ1v) is 7.16. The highest BCUT2D eigenvalue weighted by Gasteiger charge is 2.11. The molecule has 0 atom stereocenters. The molecule has 0 unspecified atom stereocenters. The molecule has 0 aliphatic heterocycles. The van der Waals surface area contributed by atoms with Crippen LogP contribution in [0.25, 0.3) is 0 Å². The van der Waals surface area contributed by atoms with Crippen LogP contribution in [0.4, 0.5) is 10.1 Å². The number of rotatable bonds is 5. The number of halogens is 1. The number of amides is 1. The van der Waals surface area contributed by atoms with Gasteiger partial charge in [0.15, 0.2) is 0 Å². The highest BCUT2D eigenvalue weighted by Crippen LogP contribution is 2.14. The average molecular weight is 337 g/mol. The largest absolute Gasteiger partial charge is 0.457 e. The van der Waals surface area contributed by atoms with Crippen molar-refractivity contribution in [1.29, 1.82) is 10.5 Å². The van der Waals surface area contributed by atoms with E-state index in [2.05, 4.69) is 5.32 Å². The van der Waals surface area contributed by atoms with Gasteiger partial charge in [-0.2, -0.15) is 10.5 Å². The van der Waals surface area contributed by atoms with Gasteiger partial charge in [0.25, 0.3) is 0 Å². The molecule has 0 radical (unpaired) electrons. The van der Waals surface area contributed by atoms with Crippen LogP contribution in [0.15, 0.2) is 42.5 Å². The van der Waals surface area contributed by atoms with Crippen molar-refractivity contribution in [2.45, 2.75) is 13.0 Å². The molecule has 25 heavy (non-hydrogen) atoms. The highest BCUT2D eigenvalue weighted by atomic mass is 19.1. The molecule has 0 heterocycles. The van der Waals surface area contributed by atoms with Gasteiger partial charge in [0.2, 0.25) is 5.91 Å². The number of carbonyl (C=O) groups is 2. The average Bonchev–Trinajstić information content (AvgIpc) is 2.61. The molecule has 0 spiro atoms. The van der Waals surface area contributed by atoms with Gasteiger partial charge in [-0.05, 0) is 42.5 Å². The molecular weight excluding hydrogens is 325 g/mol. The topological polar surface area (TPSA) is 103 Å². The second kappa shape index (κ2) is 8.23. The van der Waals surface area contributed by atoms with Gasteiger partial charge < -0.3 is 10.1 Å². The van der Waals surface area contributed by atoms with E-state index in [0.29, 0.717) is 5.69 Å². The molecule has 0 bridgehead atoms. The van der Waals surface area contributed by atoms with E-state index in [1.165, 1.54) is 36.4 Å². The second-order valence-corrected chi connectivity index (χ2v) is 4.95. The van der Waals surface area contributed by atoms with E-state index in [1.807, 2.05) is 6.07 Å². The van der Waals surface area contributed by atoms with Crippen molar-refractivity contribution >= 4 is 17.6 Å². The van der Waals surface area contributed by atoms with E-state index in [4.69, 9.17) is 15.3 Å². The number of esters is 1. The lowest BCUT2D eigenvalue weighted by atomic mass is 10.1. The molecule has 0 fully saturated rings. The van der Waals surface area contributed by atoms with E-state index in [-0.39, 0.29) is 29.7 Å². The fraction of sp³-hybridized carbons (Fsp3) is 0.111. The van der Waals surface area contributed by atoms with Crippen molar-refractivity contribution in [2.24, 2.45) is 0 Å². The molecule has 0 aromatic heterocycles. The van der Waals surface area contributed by atoms with Crippen LogP contribution in [0.1, 0.15) is 27.9 Å². The van der Waals surface area contributed by atoms with E-state index < -0.39 is 17.7 Å². The summed E-state index contributed by atoms with van der Waals surface area (Å²) in [7, 11) is 0. The third-order valence-electron chi connectivity index (χ3n) is 3.18. The van der Waals surface area contributed by atoms with Crippen molar-refractivity contribution in [3.05, 3.63) is 65.0 Å². The Bertz CT molecular complexity index is 880. The number of nitrogens with zero attached hydrogens (tertiary/aromatic N) is 2. The zero-order valence-corrected chi connectivity index (χ0v) is 13.0. The molecule has 2 aromatic carbocycles. The number of carbonyl (C=O) groups excluding carboxylic acids is 2. The van der Waals surface area contributed by atoms with Gasteiger partial charge in [-0.1, -0.05) is 0 Å². The molecule has 124 valence electrons. The first-order chi connectivity index (χ1) is 12.0. The SMILES string of the molecule is N#CCC(=O)Nc1ccc(C(=O)OCc2cc(C#N)ccc2F)cc1. The van der Waals surface area contributed by atoms with E-state index in [0.717, 1.165) is 6.07 Å². The monoisotopic (exact) mass is 337 g/mol. The number of hydrogen-bond acceptors (Lipinski definition) is 5. The number of hydrogen-bond donors (Lipinski definition) is 1. The van der Waals surface area contributed by atoms with Gasteiger partial charge >= 0.3 is 5.97 Å². The second-order valence-electron chi connectivity index (χ2n) is 4.95. The molecule has 1 amide bonds. The minimum Gasteiger partial charge on any atom is -0.457 e. The van der Waals surface area contributed by atoms with Crippen LogP contribution in [0.5, 0.6) is 0 Å². The number of ether oxygens (including phenoxy) is 1. The van der Waals surface area contributed by atoms with E-state index in [1.54, 1.807) is 6.07 Å². The van der Waals surface area contributed by atoms with E-state index >= 15 is 0 Å². The maximum Gasteiger partial charge on any atom is 0.338 e. The minimum atomic E-state index is -0.670. The summed E-state index contributed by atoms with van der Waals surface area (Å²) in [4.78, 5) is 23.3. The lowest BCUT2D eigenvalue weighted by molar-refractivity contribution is -0.115. The van der Waals surface area contributed by atoms with Gasteiger partial charge in [0.05, 0.1) is 23.3 Å². The van der Waals surface area contributed by atoms with Crippen molar-refractivity contribution in [1.82, 2.24) is 0 Å². The summed E-state index contributed by atoms with van der Waals surface area (Å²) in [6, 6.07) is 13.2. The van der Waals surface area contributed by atoms with Gasteiger partial charge in [0, 0.05) is 11.3 Å². The summed E-state index contributed by atoms with van der Waals surface area (Å²) in [5.41, 5.74) is 1.03. The molecule has 0 aliphatic carbocycles. The molecule has 6 nitrogen and oxygen atoms in total. The molecule has 0 saturated carbocycles. The normalized spacial score (nSPS) is 9.56. The van der Waals surface area contributed by atoms with Gasteiger partial charge in [0.1, 0.15) is 18.8 Å². The molecule has 2 aromatic rings. The maximum atomic E-state index is 13.6. The summed E-state index contributed by atoms with van der Waals surface area (Å²) in [6.45, 7) is -0.305. The Morgan fingerprint density at radius 2 is 1.84 bits per heavy atom. The molecule has 7 heteroatoms. The van der Waals surface area contributed by atoms with Crippen LogP contribution >= 0.6 is 0 Å². The molecule has 2 rings (SSSR count). The van der Waals surface area contributed by atoms with Crippen molar-refractivity contribution in [2.75, 3.05) is 5.32 Å². The van der Waals surface area contributed by atoms with Gasteiger partial charge in [-0.3, -0.25) is 4.79 Å². The fourth-order valence-electron chi connectivity index (χ4n) is 1.95. The summed E-state index contributed by atoms with van der Waals surface area (Å²) in [6.07, 6.45) is -0.267. The summed E-state index contributed by atoms with van der Waals surface area (Å²) in [5.74, 6) is -1.69. The number of anilines is 1. The van der Waals surface area contributed by atoms with Crippen LogP contribution in [0.3, 0.4) is 0 Å². The van der Waals surface area contributed by atoms with Gasteiger partial charge in [-0.15, -0.1) is 0 Å². The van der Waals surface area contributed by atoms with Crippen molar-refractivity contribution in [3.8, 4) is 12.1 Å².